The summed E-state index contributed by atoms with van der Waals surface area (Å²) in [6.45, 7) is 9.74. The molecule has 14 nitrogen and oxygen atoms in total. The molecule has 0 aromatic heterocycles. The first-order valence-electron chi connectivity index (χ1n) is 18.1. The zero-order valence-electron chi connectivity index (χ0n) is 30.9. The Kier molecular flexibility index (Phi) is 14.1. The van der Waals surface area contributed by atoms with E-state index in [0.29, 0.717) is 38.5 Å². The zero-order valence-corrected chi connectivity index (χ0v) is 33.8. The predicted molar refractivity (Wildman–Crippen MR) is 177 cm³/mol. The van der Waals surface area contributed by atoms with E-state index in [0.717, 1.165) is 0 Å². The van der Waals surface area contributed by atoms with Gasteiger partial charge in [0.1, 0.15) is 23.9 Å². The fraction of sp³-hybridized carbons (Fsp3) is 0.943. The smallest absolute Gasteiger partial charge is 0.726 e. The van der Waals surface area contributed by atoms with Crippen LogP contribution in [0.5, 0.6) is 0 Å². The summed E-state index contributed by atoms with van der Waals surface area (Å²) >= 11 is 0. The van der Waals surface area contributed by atoms with Crippen molar-refractivity contribution in [3.05, 3.63) is 12.2 Å². The Morgan fingerprint density at radius 3 is 2.22 bits per heavy atom. The molecule has 4 aliphatic carbocycles. The largest absolute Gasteiger partial charge is 1.00 e. The van der Waals surface area contributed by atoms with E-state index in [9.17, 15) is 48.7 Å². The third kappa shape index (κ3) is 7.81. The van der Waals surface area contributed by atoms with Gasteiger partial charge in [-0.1, -0.05) is 46.8 Å². The number of aliphatic hydroxyl groups excluding tert-OH is 6. The first-order valence-corrected chi connectivity index (χ1v) is 19.5. The molecular weight excluding hydrogens is 699 g/mol. The molecule has 290 valence electrons. The standard InChI is InChI=1S/C35H60O14S.Na/c1-7-19(18(3)15-47-32-29(49-50(43,44)45)28(46-6)22(37)16-48-32)9-8-17(2)24-26(39)27(40)30-34(24,5)13-11-23-33(4)12-10-20(36)14-21(33)25(38)31(41)35(23,30)42;/h8-9,17-32,36-42H,7,10-16H2,1-6H3,(H,43,44,45);/q;+1/p-1/b9-8+;/t17-,18-,19-,20+,21?,22-,23?,24+,25-,26-,27-,28?,29?,30?,31-,32-,33+,34-,35+;/m1./s1. The fourth-order valence-electron chi connectivity index (χ4n) is 11.3. The summed E-state index contributed by atoms with van der Waals surface area (Å²) in [5, 5.41) is 79.5. The molecule has 0 aromatic carbocycles. The number of hydrogen-bond donors (Lipinski definition) is 7. The number of ether oxygens (including phenoxy) is 3. The van der Waals surface area contributed by atoms with E-state index in [4.69, 9.17) is 14.2 Å². The van der Waals surface area contributed by atoms with Crippen LogP contribution < -0.4 is 29.6 Å². The molecule has 5 rings (SSSR count). The summed E-state index contributed by atoms with van der Waals surface area (Å²) in [5.74, 6) is -2.65. The number of rotatable bonds is 11. The van der Waals surface area contributed by atoms with Gasteiger partial charge in [0.25, 0.3) is 0 Å². The van der Waals surface area contributed by atoms with E-state index in [1.165, 1.54) is 7.11 Å². The average Bonchev–Trinajstić information content (AvgIpc) is 3.25. The molecule has 5 unspecified atom stereocenters. The van der Waals surface area contributed by atoms with Crippen LogP contribution in [0.1, 0.15) is 73.1 Å². The third-order valence-electron chi connectivity index (χ3n) is 13.8. The Bertz CT molecular complexity index is 1320. The Morgan fingerprint density at radius 2 is 1.61 bits per heavy atom. The predicted octanol–water partition coefficient (Wildman–Crippen LogP) is -2.54. The van der Waals surface area contributed by atoms with Gasteiger partial charge in [-0.05, 0) is 84.9 Å². The van der Waals surface area contributed by atoms with Crippen LogP contribution in [0.25, 0.3) is 0 Å². The molecular formula is C35H59NaO14S. The van der Waals surface area contributed by atoms with Crippen molar-refractivity contribution in [2.75, 3.05) is 20.3 Å². The van der Waals surface area contributed by atoms with Gasteiger partial charge in [-0.2, -0.15) is 0 Å². The minimum atomic E-state index is -5.16. The van der Waals surface area contributed by atoms with E-state index in [-0.39, 0.29) is 60.5 Å². The van der Waals surface area contributed by atoms with Crippen molar-refractivity contribution in [1.82, 2.24) is 0 Å². The van der Waals surface area contributed by atoms with Crippen molar-refractivity contribution in [2.24, 2.45) is 52.3 Å². The second kappa shape index (κ2) is 16.4. The van der Waals surface area contributed by atoms with Gasteiger partial charge in [-0.15, -0.1) is 0 Å². The topological polar surface area (TPSA) is 236 Å². The van der Waals surface area contributed by atoms with Gasteiger partial charge in [0.05, 0.1) is 37.6 Å². The summed E-state index contributed by atoms with van der Waals surface area (Å²) in [5.41, 5.74) is -3.18. The molecule has 19 atom stereocenters. The van der Waals surface area contributed by atoms with Crippen LogP contribution in [0.2, 0.25) is 0 Å². The van der Waals surface area contributed by atoms with Crippen molar-refractivity contribution in [3.8, 4) is 0 Å². The van der Waals surface area contributed by atoms with Gasteiger partial charge in [-0.3, -0.25) is 4.18 Å². The van der Waals surface area contributed by atoms with Crippen LogP contribution in [-0.2, 0) is 28.8 Å². The molecule has 0 radical (unpaired) electrons. The van der Waals surface area contributed by atoms with Crippen LogP contribution in [0, 0.1) is 52.3 Å². The first kappa shape index (κ1) is 43.9. The van der Waals surface area contributed by atoms with Gasteiger partial charge < -0.3 is 54.5 Å². The quantitative estimate of drug-likeness (QED) is 0.0498. The monoisotopic (exact) mass is 758 g/mol. The number of methoxy groups -OCH3 is 1. The molecule has 0 spiro atoms. The van der Waals surface area contributed by atoms with Gasteiger partial charge in [0.2, 0.25) is 10.4 Å². The fourth-order valence-corrected chi connectivity index (χ4v) is 11.8. The Labute approximate surface area is 324 Å². The Balaban J connectivity index is 0.00000583. The number of fused-ring (bicyclic) bond motifs is 5. The summed E-state index contributed by atoms with van der Waals surface area (Å²) in [6, 6.07) is 0. The maximum atomic E-state index is 12.6. The Hall–Kier alpha value is 0.210. The zero-order chi connectivity index (χ0) is 37.1. The molecule has 1 saturated heterocycles. The normalized spacial score (nSPS) is 48.9. The SMILES string of the molecule is CC[C@H](/C=C/[C@@H](C)[C@H]1[C@@H](O)[C@@H](O)C2[C@@]3(O)C(CC[C@@]21C)[C@@]1(C)CC[C@H](O)CC1[C@@H](O)[C@H]3O)[C@H](C)CO[C@@H]1OC[C@@H](O)C(OC)C1OS(=O)(=O)[O-].[Na+]. The number of aliphatic hydroxyl groups is 7. The number of hydrogen-bond acceptors (Lipinski definition) is 14. The summed E-state index contributed by atoms with van der Waals surface area (Å²) in [6.07, 6.45) is -3.86. The molecule has 1 aliphatic heterocycles. The van der Waals surface area contributed by atoms with E-state index in [2.05, 4.69) is 4.18 Å². The molecule has 5 aliphatic rings. The second-order valence-electron chi connectivity index (χ2n) is 16.5. The van der Waals surface area contributed by atoms with Crippen LogP contribution in [0.3, 0.4) is 0 Å². The molecule has 7 N–H and O–H groups in total. The summed E-state index contributed by atoms with van der Waals surface area (Å²) in [7, 11) is -3.91. The van der Waals surface area contributed by atoms with Gasteiger partial charge >= 0.3 is 29.6 Å². The van der Waals surface area contributed by atoms with Crippen LogP contribution >= 0.6 is 0 Å². The van der Waals surface area contributed by atoms with E-state index in [1.54, 1.807) is 0 Å². The maximum Gasteiger partial charge on any atom is 1.00 e. The second-order valence-corrected chi connectivity index (χ2v) is 17.5. The third-order valence-corrected chi connectivity index (χ3v) is 14.3. The van der Waals surface area contributed by atoms with Gasteiger partial charge in [0, 0.05) is 13.0 Å². The molecule has 0 aromatic rings. The first-order chi connectivity index (χ1) is 23.3. The van der Waals surface area contributed by atoms with Gasteiger partial charge in [-0.25, -0.2) is 8.42 Å². The molecule has 1 heterocycles. The maximum absolute atomic E-state index is 12.6. The van der Waals surface area contributed by atoms with E-state index in [1.807, 2.05) is 46.8 Å². The van der Waals surface area contributed by atoms with Crippen molar-refractivity contribution in [3.63, 3.8) is 0 Å². The van der Waals surface area contributed by atoms with E-state index < -0.39 is 106 Å². The minimum Gasteiger partial charge on any atom is -0.726 e. The van der Waals surface area contributed by atoms with Crippen LogP contribution in [0.4, 0.5) is 0 Å². The van der Waals surface area contributed by atoms with Crippen molar-refractivity contribution in [2.45, 2.75) is 134 Å². The van der Waals surface area contributed by atoms with Crippen molar-refractivity contribution in [1.29, 1.82) is 0 Å². The molecule has 16 heteroatoms. The van der Waals surface area contributed by atoms with E-state index >= 15 is 0 Å². The van der Waals surface area contributed by atoms with Gasteiger partial charge in [0.15, 0.2) is 12.4 Å². The van der Waals surface area contributed by atoms with Crippen molar-refractivity contribution < 1.29 is 96.7 Å². The molecule has 51 heavy (non-hydrogen) atoms. The summed E-state index contributed by atoms with van der Waals surface area (Å²) < 4.78 is 55.4. The minimum absolute atomic E-state index is 0. The molecule has 4 saturated carbocycles. The Morgan fingerprint density at radius 1 is 0.961 bits per heavy atom. The average molecular weight is 759 g/mol. The van der Waals surface area contributed by atoms with Crippen molar-refractivity contribution >= 4 is 10.4 Å². The summed E-state index contributed by atoms with van der Waals surface area (Å²) in [4.78, 5) is 0. The molecule has 0 bridgehead atoms. The number of allylic oxidation sites excluding steroid dienone is 2. The molecule has 5 fully saturated rings. The molecule has 0 amide bonds. The van der Waals surface area contributed by atoms with Crippen LogP contribution in [0.15, 0.2) is 12.2 Å². The van der Waals surface area contributed by atoms with Crippen LogP contribution in [-0.4, -0.2) is 130 Å².